The van der Waals surface area contributed by atoms with Crippen molar-refractivity contribution < 1.29 is 9.53 Å². The topological polar surface area (TPSA) is 32.8 Å². The SMILES string of the molecule is CN(CC1(c2ccccc2)SCCCS1)C(=O)[C@@H]1O[C@H]1c1ccccc1. The fourth-order valence-electron chi connectivity index (χ4n) is 3.42. The molecule has 0 aliphatic carbocycles. The maximum Gasteiger partial charge on any atom is 0.254 e. The van der Waals surface area contributed by atoms with Gasteiger partial charge in [0, 0.05) is 13.6 Å². The van der Waals surface area contributed by atoms with Crippen molar-refractivity contribution in [2.45, 2.75) is 22.7 Å². The Morgan fingerprint density at radius 2 is 1.69 bits per heavy atom. The van der Waals surface area contributed by atoms with Gasteiger partial charge in [0.15, 0.2) is 6.10 Å². The molecule has 4 rings (SSSR count). The normalized spacial score (nSPS) is 24.0. The van der Waals surface area contributed by atoms with Crippen molar-refractivity contribution in [1.82, 2.24) is 4.90 Å². The predicted molar refractivity (Wildman–Crippen MR) is 109 cm³/mol. The number of hydrogen-bond donors (Lipinski definition) is 0. The van der Waals surface area contributed by atoms with E-state index >= 15 is 0 Å². The zero-order valence-corrected chi connectivity index (χ0v) is 16.5. The van der Waals surface area contributed by atoms with Gasteiger partial charge in [-0.1, -0.05) is 60.7 Å². The van der Waals surface area contributed by atoms with Gasteiger partial charge in [-0.05, 0) is 29.1 Å². The Morgan fingerprint density at radius 3 is 2.35 bits per heavy atom. The van der Waals surface area contributed by atoms with E-state index in [-0.39, 0.29) is 22.2 Å². The van der Waals surface area contributed by atoms with Crippen LogP contribution in [0.5, 0.6) is 0 Å². The Bertz CT molecular complexity index is 747. The quantitative estimate of drug-likeness (QED) is 0.718. The third kappa shape index (κ3) is 3.66. The summed E-state index contributed by atoms with van der Waals surface area (Å²) in [7, 11) is 1.91. The molecule has 2 atom stereocenters. The van der Waals surface area contributed by atoms with E-state index in [9.17, 15) is 4.79 Å². The van der Waals surface area contributed by atoms with E-state index in [1.807, 2.05) is 71.9 Å². The lowest BCUT2D eigenvalue weighted by atomic mass is 10.1. The summed E-state index contributed by atoms with van der Waals surface area (Å²) >= 11 is 3.93. The molecular formula is C21H23NO2S2. The number of benzene rings is 2. The second-order valence-electron chi connectivity index (χ2n) is 6.75. The first-order valence-electron chi connectivity index (χ1n) is 8.98. The average molecular weight is 386 g/mol. The van der Waals surface area contributed by atoms with Gasteiger partial charge in [-0.3, -0.25) is 4.79 Å². The Balaban J connectivity index is 1.47. The number of thioether (sulfide) groups is 2. The summed E-state index contributed by atoms with van der Waals surface area (Å²) in [6.45, 7) is 0.701. The standard InChI is InChI=1S/C21H23NO2S2/c1-22(20(23)19-18(24-19)16-9-4-2-5-10-16)15-21(25-13-8-14-26-21)17-11-6-3-7-12-17/h2-7,9-12,18-19H,8,13-15H2,1H3/t18-,19+/m0/s1. The fourth-order valence-corrected chi connectivity index (χ4v) is 6.85. The molecule has 5 heteroatoms. The van der Waals surface area contributed by atoms with Crippen molar-refractivity contribution in [3.8, 4) is 0 Å². The first kappa shape index (κ1) is 18.0. The van der Waals surface area contributed by atoms with Crippen LogP contribution < -0.4 is 0 Å². The monoisotopic (exact) mass is 385 g/mol. The largest absolute Gasteiger partial charge is 0.354 e. The predicted octanol–water partition coefficient (Wildman–Crippen LogP) is 4.31. The Kier molecular flexibility index (Phi) is 5.30. The van der Waals surface area contributed by atoms with Crippen molar-refractivity contribution in [2.24, 2.45) is 0 Å². The molecule has 1 amide bonds. The Hall–Kier alpha value is -1.43. The number of nitrogens with zero attached hydrogens (tertiary/aromatic N) is 1. The van der Waals surface area contributed by atoms with Crippen LogP contribution in [0.1, 0.15) is 23.7 Å². The summed E-state index contributed by atoms with van der Waals surface area (Å²) in [6, 6.07) is 20.6. The molecule has 0 spiro atoms. The van der Waals surface area contributed by atoms with Crippen molar-refractivity contribution in [3.05, 3.63) is 71.8 Å². The zero-order chi connectivity index (χ0) is 18.0. The van der Waals surface area contributed by atoms with E-state index in [1.54, 1.807) is 0 Å². The first-order valence-corrected chi connectivity index (χ1v) is 11.0. The summed E-state index contributed by atoms with van der Waals surface area (Å²) in [5.41, 5.74) is 2.38. The van der Waals surface area contributed by atoms with E-state index in [0.717, 1.165) is 17.1 Å². The molecule has 0 N–H and O–H groups in total. The van der Waals surface area contributed by atoms with Crippen LogP contribution in [0.25, 0.3) is 0 Å². The number of likely N-dealkylation sites (N-methyl/N-ethyl adjacent to an activating group) is 1. The van der Waals surface area contributed by atoms with Gasteiger partial charge in [0.25, 0.3) is 5.91 Å². The fraction of sp³-hybridized carbons (Fsp3) is 0.381. The summed E-state index contributed by atoms with van der Waals surface area (Å²) < 4.78 is 5.63. The molecule has 0 bridgehead atoms. The van der Waals surface area contributed by atoms with Gasteiger partial charge < -0.3 is 9.64 Å². The number of ether oxygens (including phenoxy) is 1. The molecule has 3 nitrogen and oxygen atoms in total. The minimum atomic E-state index is -0.339. The van der Waals surface area contributed by atoms with Gasteiger partial charge >= 0.3 is 0 Å². The molecule has 2 aliphatic heterocycles. The highest BCUT2D eigenvalue weighted by molar-refractivity contribution is 8.18. The van der Waals surface area contributed by atoms with E-state index < -0.39 is 0 Å². The van der Waals surface area contributed by atoms with Crippen LogP contribution in [0.2, 0.25) is 0 Å². The molecule has 0 saturated carbocycles. The smallest absolute Gasteiger partial charge is 0.254 e. The number of epoxide rings is 1. The van der Waals surface area contributed by atoms with Crippen molar-refractivity contribution in [3.63, 3.8) is 0 Å². The highest BCUT2D eigenvalue weighted by Gasteiger charge is 2.48. The van der Waals surface area contributed by atoms with Crippen molar-refractivity contribution >= 4 is 29.4 Å². The number of hydrogen-bond acceptors (Lipinski definition) is 4. The van der Waals surface area contributed by atoms with Crippen LogP contribution in [-0.4, -0.2) is 42.0 Å². The lowest BCUT2D eigenvalue weighted by molar-refractivity contribution is -0.131. The molecule has 2 aliphatic rings. The molecule has 2 heterocycles. The minimum Gasteiger partial charge on any atom is -0.354 e. The lowest BCUT2D eigenvalue weighted by Crippen LogP contribution is -2.41. The number of amides is 1. The maximum absolute atomic E-state index is 12.9. The summed E-state index contributed by atoms with van der Waals surface area (Å²) in [6.07, 6.45) is 0.794. The molecule has 0 radical (unpaired) electrons. The number of carbonyl (C=O) groups is 1. The van der Waals surface area contributed by atoms with Crippen LogP contribution in [-0.2, 0) is 13.6 Å². The summed E-state index contributed by atoms with van der Waals surface area (Å²) in [4.78, 5) is 14.8. The van der Waals surface area contributed by atoms with Gasteiger partial charge in [0.05, 0.1) is 0 Å². The van der Waals surface area contributed by atoms with Crippen LogP contribution in [0.15, 0.2) is 60.7 Å². The number of rotatable bonds is 5. The molecular weight excluding hydrogens is 362 g/mol. The lowest BCUT2D eigenvalue weighted by Gasteiger charge is -2.39. The molecule has 2 fully saturated rings. The van der Waals surface area contributed by atoms with Crippen LogP contribution in [0, 0.1) is 0 Å². The van der Waals surface area contributed by atoms with E-state index in [2.05, 4.69) is 24.3 Å². The molecule has 2 aromatic carbocycles. The van der Waals surface area contributed by atoms with Crippen molar-refractivity contribution in [2.75, 3.05) is 25.1 Å². The third-order valence-corrected chi connectivity index (χ3v) is 8.21. The van der Waals surface area contributed by atoms with E-state index in [1.165, 1.54) is 12.0 Å². The maximum atomic E-state index is 12.9. The van der Waals surface area contributed by atoms with Gasteiger partial charge in [0.1, 0.15) is 10.2 Å². The third-order valence-electron chi connectivity index (χ3n) is 4.86. The van der Waals surface area contributed by atoms with E-state index in [4.69, 9.17) is 4.74 Å². The Morgan fingerprint density at radius 1 is 1.08 bits per heavy atom. The minimum absolute atomic E-state index is 0.0823. The second kappa shape index (κ2) is 7.67. The second-order valence-corrected chi connectivity index (χ2v) is 9.80. The highest BCUT2D eigenvalue weighted by atomic mass is 32.2. The molecule has 2 aromatic rings. The average Bonchev–Trinajstić information content (AvgIpc) is 3.50. The van der Waals surface area contributed by atoms with Gasteiger partial charge in [-0.25, -0.2) is 0 Å². The zero-order valence-electron chi connectivity index (χ0n) is 14.8. The van der Waals surface area contributed by atoms with Gasteiger partial charge in [0.2, 0.25) is 0 Å². The summed E-state index contributed by atoms with van der Waals surface area (Å²) in [5.74, 6) is 2.36. The van der Waals surface area contributed by atoms with Gasteiger partial charge in [-0.15, -0.1) is 23.5 Å². The molecule has 0 unspecified atom stereocenters. The highest BCUT2D eigenvalue weighted by Crippen LogP contribution is 2.51. The first-order chi connectivity index (χ1) is 12.7. The molecule has 2 saturated heterocycles. The van der Waals surface area contributed by atoms with Crippen LogP contribution in [0.4, 0.5) is 0 Å². The Labute approximate surface area is 163 Å². The van der Waals surface area contributed by atoms with Crippen LogP contribution >= 0.6 is 23.5 Å². The van der Waals surface area contributed by atoms with E-state index in [0.29, 0.717) is 6.54 Å². The van der Waals surface area contributed by atoms with Crippen molar-refractivity contribution in [1.29, 1.82) is 0 Å². The van der Waals surface area contributed by atoms with Crippen LogP contribution in [0.3, 0.4) is 0 Å². The van der Waals surface area contributed by atoms with Gasteiger partial charge in [-0.2, -0.15) is 0 Å². The molecule has 0 aromatic heterocycles. The summed E-state index contributed by atoms with van der Waals surface area (Å²) in [5, 5.41) is 0. The number of carbonyl (C=O) groups excluding carboxylic acids is 1. The molecule has 136 valence electrons. The molecule has 26 heavy (non-hydrogen) atoms.